The average Bonchev–Trinajstić information content (AvgIpc) is 3.11. The molecule has 3 aromatic rings. The molecule has 0 saturated heterocycles. The van der Waals surface area contributed by atoms with Crippen LogP contribution in [0.1, 0.15) is 50.6 Å². The molecule has 0 amide bonds. The molecular weight excluding hydrogens is 469 g/mol. The van der Waals surface area contributed by atoms with Gasteiger partial charge in [-0.3, -0.25) is 4.98 Å². The van der Waals surface area contributed by atoms with Crippen LogP contribution in [0.5, 0.6) is 0 Å². The summed E-state index contributed by atoms with van der Waals surface area (Å²) in [6, 6.07) is 2.69. The van der Waals surface area contributed by atoms with E-state index in [0.717, 1.165) is 24.1 Å². The van der Waals surface area contributed by atoms with E-state index in [2.05, 4.69) is 20.4 Å². The third-order valence-electron chi connectivity index (χ3n) is 6.05. The first-order chi connectivity index (χ1) is 15.9. The minimum Gasteiger partial charge on any atom is -0.393 e. The Morgan fingerprint density at radius 2 is 1.94 bits per heavy atom. The fourth-order valence-electron chi connectivity index (χ4n) is 4.37. The van der Waals surface area contributed by atoms with Gasteiger partial charge in [-0.15, -0.1) is 5.10 Å². The number of hydrogen-bond donors (Lipinski definition) is 3. The lowest BCUT2D eigenvalue weighted by Gasteiger charge is -2.25. The van der Waals surface area contributed by atoms with Crippen LogP contribution in [-0.2, 0) is 9.73 Å². The number of nitrogens with zero attached hydrogens (tertiary/aromatic N) is 4. The van der Waals surface area contributed by atoms with E-state index in [1.807, 2.05) is 6.07 Å². The molecule has 34 heavy (non-hydrogen) atoms. The molecule has 0 aromatic carbocycles. The molecule has 0 aliphatic heterocycles. The topological polar surface area (TPSA) is 116 Å². The van der Waals surface area contributed by atoms with Crippen LogP contribution in [0.2, 0.25) is 0 Å². The molecule has 1 fully saturated rings. The third-order valence-corrected chi connectivity index (χ3v) is 7.17. The van der Waals surface area contributed by atoms with E-state index < -0.39 is 28.4 Å². The SMILES string of the molecule is C[C@@H](CC(F)(F)F)Nc1ncc2c(-c3cncc([S@@](C)(=N)=O)c3)cc(C3CCC(O)CC3)n2n1. The van der Waals surface area contributed by atoms with Gasteiger partial charge in [0.25, 0.3) is 0 Å². The van der Waals surface area contributed by atoms with Crippen molar-refractivity contribution in [2.45, 2.75) is 68.2 Å². The molecule has 12 heteroatoms. The van der Waals surface area contributed by atoms with Crippen LogP contribution in [0.3, 0.4) is 0 Å². The van der Waals surface area contributed by atoms with E-state index in [4.69, 9.17) is 4.78 Å². The van der Waals surface area contributed by atoms with Crippen molar-refractivity contribution in [2.24, 2.45) is 0 Å². The molecule has 2 atom stereocenters. The second-order valence-electron chi connectivity index (χ2n) is 8.98. The Balaban J connectivity index is 1.78. The Labute approximate surface area is 195 Å². The summed E-state index contributed by atoms with van der Waals surface area (Å²) in [5.41, 5.74) is 2.86. The van der Waals surface area contributed by atoms with Gasteiger partial charge in [0, 0.05) is 47.4 Å². The number of aliphatic hydroxyl groups is 1. The van der Waals surface area contributed by atoms with Crippen molar-refractivity contribution in [1.82, 2.24) is 19.6 Å². The first kappa shape index (κ1) is 24.4. The number of alkyl halides is 3. The minimum atomic E-state index is -4.31. The Morgan fingerprint density at radius 3 is 2.59 bits per heavy atom. The lowest BCUT2D eigenvalue weighted by atomic mass is 9.85. The van der Waals surface area contributed by atoms with Gasteiger partial charge in [-0.2, -0.15) is 13.2 Å². The maximum atomic E-state index is 12.8. The zero-order chi connectivity index (χ0) is 24.7. The second kappa shape index (κ2) is 9.14. The van der Waals surface area contributed by atoms with Crippen molar-refractivity contribution in [3.8, 4) is 11.1 Å². The standard InChI is InChI=1S/C22H27F3N6O2S/c1-13(9-22(23,24)25)29-21-28-12-20-18(15-7-17(11-27-10-15)34(2,26)33)8-19(31(20)30-21)14-3-5-16(32)6-4-14/h7-8,10-14,16,26,32H,3-6,9H2,1-2H3,(H,29,30)/t13-,14?,16?,34-/m0/s1. The van der Waals surface area contributed by atoms with Gasteiger partial charge in [0.2, 0.25) is 5.95 Å². The van der Waals surface area contributed by atoms with Crippen molar-refractivity contribution in [1.29, 1.82) is 4.78 Å². The number of fused-ring (bicyclic) bond motifs is 1. The molecule has 4 rings (SSSR count). The number of hydrogen-bond acceptors (Lipinski definition) is 7. The smallest absolute Gasteiger partial charge is 0.391 e. The number of rotatable bonds is 6. The van der Waals surface area contributed by atoms with Crippen LogP contribution in [0, 0.1) is 4.78 Å². The van der Waals surface area contributed by atoms with Crippen LogP contribution in [0.15, 0.2) is 35.6 Å². The van der Waals surface area contributed by atoms with Crippen LogP contribution >= 0.6 is 0 Å². The van der Waals surface area contributed by atoms with Gasteiger partial charge < -0.3 is 10.4 Å². The quantitative estimate of drug-likeness (QED) is 0.459. The van der Waals surface area contributed by atoms with Crippen molar-refractivity contribution in [3.05, 3.63) is 36.4 Å². The number of anilines is 1. The molecule has 0 bridgehead atoms. The summed E-state index contributed by atoms with van der Waals surface area (Å²) in [5.74, 6) is 0.181. The Bertz CT molecular complexity index is 1280. The fraction of sp³-hybridized carbons (Fsp3) is 0.500. The van der Waals surface area contributed by atoms with Crippen LogP contribution < -0.4 is 5.32 Å². The van der Waals surface area contributed by atoms with Gasteiger partial charge in [-0.05, 0) is 44.7 Å². The molecule has 1 aliphatic carbocycles. The van der Waals surface area contributed by atoms with E-state index in [1.54, 1.807) is 23.0 Å². The van der Waals surface area contributed by atoms with Crippen LogP contribution in [0.4, 0.5) is 19.1 Å². The number of aromatic nitrogens is 4. The van der Waals surface area contributed by atoms with E-state index in [9.17, 15) is 22.5 Å². The first-order valence-electron chi connectivity index (χ1n) is 11.0. The number of pyridine rings is 1. The maximum Gasteiger partial charge on any atom is 0.391 e. The highest BCUT2D eigenvalue weighted by Crippen LogP contribution is 2.38. The molecule has 0 unspecified atom stereocenters. The second-order valence-corrected chi connectivity index (χ2v) is 11.1. The number of aliphatic hydroxyl groups excluding tert-OH is 1. The van der Waals surface area contributed by atoms with E-state index >= 15 is 0 Å². The predicted octanol–water partition coefficient (Wildman–Crippen LogP) is 4.60. The van der Waals surface area contributed by atoms with Crippen molar-refractivity contribution < 1.29 is 22.5 Å². The van der Waals surface area contributed by atoms with E-state index in [0.29, 0.717) is 28.8 Å². The molecule has 3 N–H and O–H groups in total. The molecule has 0 radical (unpaired) electrons. The predicted molar refractivity (Wildman–Crippen MR) is 122 cm³/mol. The molecule has 184 valence electrons. The molecule has 3 heterocycles. The van der Waals surface area contributed by atoms with Gasteiger partial charge in [0.15, 0.2) is 0 Å². The summed E-state index contributed by atoms with van der Waals surface area (Å²) < 4.78 is 60.1. The first-order valence-corrected chi connectivity index (χ1v) is 13.0. The van der Waals surface area contributed by atoms with Crippen molar-refractivity contribution in [3.63, 3.8) is 0 Å². The largest absolute Gasteiger partial charge is 0.393 e. The Kier molecular flexibility index (Phi) is 6.56. The highest BCUT2D eigenvalue weighted by molar-refractivity contribution is 7.91. The zero-order valence-corrected chi connectivity index (χ0v) is 19.7. The molecule has 3 aromatic heterocycles. The van der Waals surface area contributed by atoms with Crippen molar-refractivity contribution in [2.75, 3.05) is 11.6 Å². The molecule has 1 saturated carbocycles. The Hall–Kier alpha value is -2.73. The fourth-order valence-corrected chi connectivity index (χ4v) is 4.99. The minimum absolute atomic E-state index is 0.0816. The molecule has 8 nitrogen and oxygen atoms in total. The summed E-state index contributed by atoms with van der Waals surface area (Å²) in [4.78, 5) is 8.69. The molecule has 0 spiro atoms. The van der Waals surface area contributed by atoms with Crippen molar-refractivity contribution >= 4 is 21.2 Å². The lowest BCUT2D eigenvalue weighted by molar-refractivity contribution is -0.136. The maximum absolute atomic E-state index is 12.8. The third kappa shape index (κ3) is 5.49. The van der Waals surface area contributed by atoms with Crippen LogP contribution in [0.25, 0.3) is 16.6 Å². The van der Waals surface area contributed by atoms with Gasteiger partial charge in [-0.25, -0.2) is 18.5 Å². The average molecular weight is 497 g/mol. The highest BCUT2D eigenvalue weighted by atomic mass is 32.2. The summed E-state index contributed by atoms with van der Waals surface area (Å²) in [7, 11) is -2.97. The number of nitrogens with one attached hydrogen (secondary N) is 2. The highest BCUT2D eigenvalue weighted by Gasteiger charge is 2.30. The summed E-state index contributed by atoms with van der Waals surface area (Å²) in [5, 5.41) is 17.2. The summed E-state index contributed by atoms with van der Waals surface area (Å²) >= 11 is 0. The zero-order valence-electron chi connectivity index (χ0n) is 18.8. The van der Waals surface area contributed by atoms with Gasteiger partial charge in [0.05, 0.1) is 38.9 Å². The molecular formula is C22H27F3N6O2S. The Morgan fingerprint density at radius 1 is 1.24 bits per heavy atom. The van der Waals surface area contributed by atoms with Gasteiger partial charge in [-0.1, -0.05) is 0 Å². The van der Waals surface area contributed by atoms with Gasteiger partial charge in [0.1, 0.15) is 0 Å². The molecule has 1 aliphatic rings. The van der Waals surface area contributed by atoms with Crippen LogP contribution in [-0.4, -0.2) is 53.5 Å². The summed E-state index contributed by atoms with van der Waals surface area (Å²) in [6.07, 6.45) is 3.02. The normalized spacial score (nSPS) is 21.8. The monoisotopic (exact) mass is 496 g/mol. The lowest BCUT2D eigenvalue weighted by Crippen LogP contribution is -2.25. The van der Waals surface area contributed by atoms with Gasteiger partial charge >= 0.3 is 6.18 Å². The van der Waals surface area contributed by atoms with E-state index in [-0.39, 0.29) is 18.0 Å². The summed E-state index contributed by atoms with van der Waals surface area (Å²) in [6.45, 7) is 1.42. The number of halogens is 3. The van der Waals surface area contributed by atoms with E-state index in [1.165, 1.54) is 19.4 Å².